The molecule has 2 bridgehead atoms. The third kappa shape index (κ3) is 18.9. The van der Waals surface area contributed by atoms with E-state index in [-0.39, 0.29) is 0 Å². The maximum Gasteiger partial charge on any atom is 0.0679 e. The molecule has 2 saturated heterocycles. The second-order valence-corrected chi connectivity index (χ2v) is 24.4. The number of fused-ring (bicyclic) bond motifs is 2. The van der Waals surface area contributed by atoms with E-state index in [0.29, 0.717) is 29.8 Å². The van der Waals surface area contributed by atoms with Crippen LogP contribution < -0.4 is 0 Å². The van der Waals surface area contributed by atoms with Crippen LogP contribution in [-0.2, 0) is 9.47 Å². The van der Waals surface area contributed by atoms with Crippen LogP contribution in [0.4, 0.5) is 0 Å². The van der Waals surface area contributed by atoms with E-state index in [1.165, 1.54) is 55.7 Å². The van der Waals surface area contributed by atoms with Gasteiger partial charge in [0.25, 0.3) is 0 Å². The Balaban J connectivity index is 0.000000259. The van der Waals surface area contributed by atoms with Crippen molar-refractivity contribution in [1.82, 2.24) is 4.90 Å². The number of nitrogens with zero attached hydrogens (tertiary/aromatic N) is 1. The number of ether oxygens (including phenoxy) is 2. The first-order valence-electron chi connectivity index (χ1n) is 25.7. The number of allylic oxidation sites excluding steroid dienone is 3. The lowest BCUT2D eigenvalue weighted by molar-refractivity contribution is -0.0426. The molecule has 6 aliphatic rings. The van der Waals surface area contributed by atoms with Crippen molar-refractivity contribution in [2.75, 3.05) is 37.9 Å². The summed E-state index contributed by atoms with van der Waals surface area (Å²) in [4.78, 5) is 2.73. The van der Waals surface area contributed by atoms with E-state index in [2.05, 4.69) is 179 Å². The Labute approximate surface area is 381 Å². The summed E-state index contributed by atoms with van der Waals surface area (Å²) in [6.07, 6.45) is 17.2. The van der Waals surface area contributed by atoms with Crippen LogP contribution in [0.5, 0.6) is 0 Å². The molecule has 4 aliphatic heterocycles. The molecule has 0 radical (unpaired) electrons. The first-order valence-corrected chi connectivity index (χ1v) is 26.8. The Hall–Kier alpha value is -0.550. The molecule has 0 aromatic carbocycles. The predicted octanol–water partition coefficient (Wildman–Crippen LogP) is 15.8. The van der Waals surface area contributed by atoms with Crippen LogP contribution in [0.2, 0.25) is 0 Å². The maximum atomic E-state index is 5.72. The number of hydrogen-bond donors (Lipinski definition) is 0. The van der Waals surface area contributed by atoms with Gasteiger partial charge in [-0.25, -0.2) is 0 Å². The Morgan fingerprint density at radius 3 is 1.55 bits per heavy atom. The molecular weight excluding hydrogens is 751 g/mol. The Bertz CT molecular complexity index is 1150. The highest BCUT2D eigenvalue weighted by molar-refractivity contribution is 7.99. The minimum absolute atomic E-state index is 0.520. The van der Waals surface area contributed by atoms with Gasteiger partial charge in [0.15, 0.2) is 0 Å². The van der Waals surface area contributed by atoms with Gasteiger partial charge in [0.1, 0.15) is 0 Å². The van der Waals surface area contributed by atoms with Crippen molar-refractivity contribution in [2.24, 2.45) is 94.7 Å². The van der Waals surface area contributed by atoms with Gasteiger partial charge in [-0.15, -0.1) is 0 Å². The highest BCUT2D eigenvalue weighted by atomic mass is 32.2. The smallest absolute Gasteiger partial charge is 0.0679 e. The van der Waals surface area contributed by atoms with Crippen LogP contribution in [-0.4, -0.2) is 61.0 Å². The molecule has 60 heavy (non-hydrogen) atoms. The average molecular weight is 857 g/mol. The molecule has 3 fully saturated rings. The summed E-state index contributed by atoms with van der Waals surface area (Å²) >= 11 is 2.10. The molecular formula is C56H105NO2S. The van der Waals surface area contributed by atoms with Crippen LogP contribution in [0.3, 0.4) is 0 Å². The molecule has 0 spiro atoms. The summed E-state index contributed by atoms with van der Waals surface area (Å²) < 4.78 is 11.3. The average Bonchev–Trinajstić information content (AvgIpc) is 3.97. The second kappa shape index (κ2) is 27.7. The largest absolute Gasteiger partial charge is 0.378 e. The van der Waals surface area contributed by atoms with Crippen molar-refractivity contribution in [2.45, 2.75) is 189 Å². The fraction of sp³-hybridized carbons (Fsp3) is 0.893. The van der Waals surface area contributed by atoms with Gasteiger partial charge in [-0.3, -0.25) is 4.90 Å². The summed E-state index contributed by atoms with van der Waals surface area (Å²) in [6, 6.07) is 1.68. The van der Waals surface area contributed by atoms with Crippen LogP contribution in [0.1, 0.15) is 171 Å². The number of thioether (sulfide) groups is 1. The van der Waals surface area contributed by atoms with Crippen molar-refractivity contribution < 1.29 is 9.47 Å². The summed E-state index contributed by atoms with van der Waals surface area (Å²) in [7, 11) is 0. The van der Waals surface area contributed by atoms with E-state index in [1.807, 2.05) is 0 Å². The molecule has 2 aliphatic carbocycles. The first-order chi connectivity index (χ1) is 28.0. The molecule has 0 aromatic heterocycles. The lowest BCUT2D eigenvalue weighted by atomic mass is 9.83. The molecule has 0 amide bonds. The van der Waals surface area contributed by atoms with Gasteiger partial charge >= 0.3 is 0 Å². The third-order valence-corrected chi connectivity index (χ3v) is 16.4. The highest BCUT2D eigenvalue weighted by Crippen LogP contribution is 2.45. The standard InChI is InChI=1S/C12H23N.C11H20O.C11H22O.C11H20S.C11H20/c1-8(2)11-5-10-6-12(11)13(7-10)9(3)4;1-8(2)10-5-11(9(3)4)7-12-6-10;1-8(2)10-5-6-12-11(7-10)9(3)4;1-8(2)10-5-11(9(3)4)7-12-6-10;1-8(2)10-5-6-11(7-10)9(3)4/h8-12H,5-7H2,1-4H3;5,8-10H,6-7H2,1-4H3;8-11H,5-7H2,1-4H3;5,8-10H,6-7H2,1-4H3;5-6,8-11H,7H2,1-4H3. The summed E-state index contributed by atoms with van der Waals surface area (Å²) in [5.41, 5.74) is 3.13. The van der Waals surface area contributed by atoms with Crippen LogP contribution >= 0.6 is 11.8 Å². The molecule has 352 valence electrons. The monoisotopic (exact) mass is 856 g/mol. The van der Waals surface area contributed by atoms with Crippen LogP contribution in [0.25, 0.3) is 0 Å². The van der Waals surface area contributed by atoms with Crippen LogP contribution in [0, 0.1) is 94.7 Å². The second-order valence-electron chi connectivity index (χ2n) is 23.4. The SMILES string of the molecule is CC(C)C1=CC(C(C)C)COC1.CC(C)C1=CC(C(C)C)CSC1.CC(C)C1C=CC(C(C)C)C1.CC(C)C1CC2CC1N(C(C)C)C2.CC(C)C1CCOC(C(C)C)C1. The summed E-state index contributed by atoms with van der Waals surface area (Å²) in [5.74, 6) is 15.6. The van der Waals surface area contributed by atoms with Crippen molar-refractivity contribution in [1.29, 1.82) is 0 Å². The van der Waals surface area contributed by atoms with Gasteiger partial charge in [-0.05, 0) is 140 Å². The Kier molecular flexibility index (Phi) is 25.7. The normalized spacial score (nSPS) is 30.5. The maximum absolute atomic E-state index is 5.72. The fourth-order valence-electron chi connectivity index (χ4n) is 9.96. The van der Waals surface area contributed by atoms with Crippen molar-refractivity contribution in [3.05, 3.63) is 35.5 Å². The minimum atomic E-state index is 0.520. The summed E-state index contributed by atoms with van der Waals surface area (Å²) in [5, 5.41) is 0. The van der Waals surface area contributed by atoms with E-state index in [4.69, 9.17) is 9.47 Å². The lowest BCUT2D eigenvalue weighted by Gasteiger charge is -2.37. The summed E-state index contributed by atoms with van der Waals surface area (Å²) in [6.45, 7) is 50.3. The Morgan fingerprint density at radius 1 is 0.567 bits per heavy atom. The zero-order chi connectivity index (χ0) is 45.4. The van der Waals surface area contributed by atoms with E-state index < -0.39 is 0 Å². The molecule has 9 unspecified atom stereocenters. The predicted molar refractivity (Wildman–Crippen MR) is 270 cm³/mol. The molecule has 4 heteroatoms. The van der Waals surface area contributed by atoms with Crippen LogP contribution in [0.15, 0.2) is 35.5 Å². The molecule has 0 aromatic rings. The third-order valence-electron chi connectivity index (χ3n) is 15.2. The Morgan fingerprint density at radius 2 is 1.12 bits per heavy atom. The molecule has 9 atom stereocenters. The highest BCUT2D eigenvalue weighted by Gasteiger charge is 2.46. The van der Waals surface area contributed by atoms with Gasteiger partial charge in [-0.1, -0.05) is 155 Å². The number of piperidine rings is 1. The van der Waals surface area contributed by atoms with E-state index in [9.17, 15) is 0 Å². The van der Waals surface area contributed by atoms with Gasteiger partial charge in [-0.2, -0.15) is 11.8 Å². The minimum Gasteiger partial charge on any atom is -0.378 e. The first kappa shape index (κ1) is 55.6. The molecule has 3 nitrogen and oxygen atoms in total. The van der Waals surface area contributed by atoms with Gasteiger partial charge in [0.05, 0.1) is 19.3 Å². The number of likely N-dealkylation sites (tertiary alicyclic amines) is 1. The molecule has 0 N–H and O–H groups in total. The molecule has 1 saturated carbocycles. The van der Waals surface area contributed by atoms with Crippen molar-refractivity contribution in [3.8, 4) is 0 Å². The molecule has 6 rings (SSSR count). The van der Waals surface area contributed by atoms with Gasteiger partial charge in [0, 0.05) is 42.7 Å². The van der Waals surface area contributed by atoms with Gasteiger partial charge < -0.3 is 9.47 Å². The van der Waals surface area contributed by atoms with E-state index >= 15 is 0 Å². The number of hydrogen-bond acceptors (Lipinski definition) is 4. The lowest BCUT2D eigenvalue weighted by Crippen LogP contribution is -2.43. The molecule has 4 heterocycles. The van der Waals surface area contributed by atoms with E-state index in [1.54, 1.807) is 5.57 Å². The van der Waals surface area contributed by atoms with Crippen molar-refractivity contribution >= 4 is 11.8 Å². The number of rotatable bonds is 10. The van der Waals surface area contributed by atoms with Crippen molar-refractivity contribution in [3.63, 3.8) is 0 Å². The van der Waals surface area contributed by atoms with E-state index in [0.717, 1.165) is 103 Å². The van der Waals surface area contributed by atoms with Gasteiger partial charge in [0.2, 0.25) is 0 Å². The zero-order valence-electron chi connectivity index (χ0n) is 43.7. The zero-order valence-corrected chi connectivity index (χ0v) is 44.5. The fourth-order valence-corrected chi connectivity index (χ4v) is 11.5. The quantitative estimate of drug-likeness (QED) is 0.204. The topological polar surface area (TPSA) is 21.7 Å².